The number of thioether (sulfide) groups is 1. The molecule has 0 radical (unpaired) electrons. The van der Waals surface area contributed by atoms with Crippen molar-refractivity contribution in [2.75, 3.05) is 32.1 Å². The van der Waals surface area contributed by atoms with Crippen molar-refractivity contribution in [1.29, 1.82) is 0 Å². The van der Waals surface area contributed by atoms with Crippen LogP contribution in [0.2, 0.25) is 0 Å². The van der Waals surface area contributed by atoms with Gasteiger partial charge in [0.05, 0.1) is 13.2 Å². The van der Waals surface area contributed by atoms with Crippen LogP contribution < -0.4 is 0 Å². The van der Waals surface area contributed by atoms with Crippen LogP contribution in [0, 0.1) is 0 Å². The lowest BCUT2D eigenvalue weighted by Crippen LogP contribution is -2.52. The van der Waals surface area contributed by atoms with Crippen LogP contribution in [0.15, 0.2) is 24.3 Å². The molecule has 0 unspecified atom stereocenters. The van der Waals surface area contributed by atoms with Crippen molar-refractivity contribution in [3.63, 3.8) is 0 Å². The summed E-state index contributed by atoms with van der Waals surface area (Å²) in [5.41, 5.74) is 0.671. The molecule has 23 heavy (non-hydrogen) atoms. The molecular weight excluding hydrogens is 316 g/mol. The van der Waals surface area contributed by atoms with Crippen LogP contribution in [0.5, 0.6) is 5.75 Å². The maximum atomic E-state index is 12.8. The predicted molar refractivity (Wildman–Crippen MR) is 87.0 cm³/mol. The lowest BCUT2D eigenvalue weighted by Gasteiger charge is -2.33. The second kappa shape index (κ2) is 6.80. The Labute approximate surface area is 139 Å². The van der Waals surface area contributed by atoms with Gasteiger partial charge in [-0.05, 0) is 6.07 Å². The maximum absolute atomic E-state index is 12.8. The molecule has 2 amide bonds. The number of phenolic OH excluding ortho intramolecular Hbond substituents is 1. The predicted octanol–water partition coefficient (Wildman–Crippen LogP) is 1.21. The first-order valence-corrected chi connectivity index (χ1v) is 8.69. The van der Waals surface area contributed by atoms with Crippen LogP contribution in [0.25, 0.3) is 0 Å². The van der Waals surface area contributed by atoms with Crippen LogP contribution in [0.3, 0.4) is 0 Å². The molecule has 0 aromatic heterocycles. The third kappa shape index (κ3) is 3.16. The molecule has 2 fully saturated rings. The molecule has 1 aromatic carbocycles. The Kier molecular flexibility index (Phi) is 4.77. The molecule has 0 spiro atoms. The topological polar surface area (TPSA) is 70.1 Å². The van der Waals surface area contributed by atoms with E-state index in [1.165, 1.54) is 18.7 Å². The van der Waals surface area contributed by atoms with Gasteiger partial charge in [-0.2, -0.15) is 0 Å². The number of carbonyl (C=O) groups is 2. The molecule has 2 aliphatic rings. The van der Waals surface area contributed by atoms with E-state index >= 15 is 0 Å². The molecule has 3 rings (SSSR count). The zero-order chi connectivity index (χ0) is 16.4. The highest BCUT2D eigenvalue weighted by Gasteiger charge is 2.43. The summed E-state index contributed by atoms with van der Waals surface area (Å²) in [7, 11) is 0. The average Bonchev–Trinajstić information content (AvgIpc) is 3.00. The van der Waals surface area contributed by atoms with Crippen molar-refractivity contribution >= 4 is 23.6 Å². The molecule has 0 bridgehead atoms. The highest BCUT2D eigenvalue weighted by atomic mass is 32.2. The van der Waals surface area contributed by atoms with Gasteiger partial charge in [0, 0.05) is 31.3 Å². The van der Waals surface area contributed by atoms with Crippen LogP contribution in [0.1, 0.15) is 17.9 Å². The third-order valence-corrected chi connectivity index (χ3v) is 5.48. The maximum Gasteiger partial charge on any atom is 0.246 e. The summed E-state index contributed by atoms with van der Waals surface area (Å²) in [6.45, 7) is 3.67. The molecular formula is C16H20N2O4S. The zero-order valence-electron chi connectivity index (χ0n) is 13.0. The van der Waals surface area contributed by atoms with Crippen LogP contribution >= 0.6 is 11.8 Å². The Morgan fingerprint density at radius 1 is 1.26 bits per heavy atom. The van der Waals surface area contributed by atoms with Gasteiger partial charge in [0.2, 0.25) is 11.8 Å². The summed E-state index contributed by atoms with van der Waals surface area (Å²) >= 11 is 1.51. The number of para-hydroxylation sites is 1. The van der Waals surface area contributed by atoms with Crippen molar-refractivity contribution in [1.82, 2.24) is 9.80 Å². The highest BCUT2D eigenvalue weighted by molar-refractivity contribution is 7.99. The van der Waals surface area contributed by atoms with E-state index < -0.39 is 6.04 Å². The summed E-state index contributed by atoms with van der Waals surface area (Å²) < 4.78 is 5.28. The fourth-order valence-corrected chi connectivity index (χ4v) is 4.51. The summed E-state index contributed by atoms with van der Waals surface area (Å²) in [5.74, 6) is 0.494. The van der Waals surface area contributed by atoms with Crippen molar-refractivity contribution < 1.29 is 19.4 Å². The van der Waals surface area contributed by atoms with E-state index in [1.54, 1.807) is 28.0 Å². The van der Waals surface area contributed by atoms with Gasteiger partial charge in [-0.3, -0.25) is 9.59 Å². The summed E-state index contributed by atoms with van der Waals surface area (Å²) in [5, 5.41) is 9.75. The van der Waals surface area contributed by atoms with E-state index in [1.807, 2.05) is 6.07 Å². The van der Waals surface area contributed by atoms with Gasteiger partial charge >= 0.3 is 0 Å². The van der Waals surface area contributed by atoms with Gasteiger partial charge in [-0.1, -0.05) is 18.2 Å². The van der Waals surface area contributed by atoms with Gasteiger partial charge < -0.3 is 19.6 Å². The molecule has 2 atom stereocenters. The number of benzene rings is 1. The molecule has 0 saturated carbocycles. The lowest BCUT2D eigenvalue weighted by molar-refractivity contribution is -0.146. The Morgan fingerprint density at radius 3 is 2.61 bits per heavy atom. The number of hydrogen-bond donors (Lipinski definition) is 1. The molecule has 6 nitrogen and oxygen atoms in total. The first-order chi connectivity index (χ1) is 11.1. The molecule has 2 saturated heterocycles. The Morgan fingerprint density at radius 2 is 1.96 bits per heavy atom. The van der Waals surface area contributed by atoms with E-state index in [-0.39, 0.29) is 22.9 Å². The monoisotopic (exact) mass is 336 g/mol. The standard InChI is InChI=1S/C16H20N2O4S/c1-11(19)18-13(15(21)17-6-8-22-9-7-17)10-23-16(18)12-4-2-3-5-14(12)20/h2-5,13,16,20H,6-10H2,1H3/t13-,16-/m0/s1. The minimum Gasteiger partial charge on any atom is -0.508 e. The molecule has 2 aliphatic heterocycles. The van der Waals surface area contributed by atoms with Crippen LogP contribution in [-0.4, -0.2) is 64.8 Å². The summed E-state index contributed by atoms with van der Waals surface area (Å²) in [4.78, 5) is 28.3. The number of ether oxygens (including phenoxy) is 1. The van der Waals surface area contributed by atoms with E-state index in [4.69, 9.17) is 4.74 Å². The number of aromatic hydroxyl groups is 1. The lowest BCUT2D eigenvalue weighted by atomic mass is 10.1. The van der Waals surface area contributed by atoms with Crippen molar-refractivity contribution in [3.05, 3.63) is 29.8 Å². The van der Waals surface area contributed by atoms with Crippen LogP contribution in [0.4, 0.5) is 0 Å². The van der Waals surface area contributed by atoms with Gasteiger partial charge in [0.15, 0.2) is 0 Å². The summed E-state index contributed by atoms with van der Waals surface area (Å²) in [6.07, 6.45) is 0. The minimum atomic E-state index is -0.486. The van der Waals surface area contributed by atoms with Gasteiger partial charge in [-0.25, -0.2) is 0 Å². The second-order valence-corrected chi connectivity index (χ2v) is 6.74. The molecule has 1 aromatic rings. The number of nitrogens with zero attached hydrogens (tertiary/aromatic N) is 2. The quantitative estimate of drug-likeness (QED) is 0.879. The molecule has 124 valence electrons. The fourth-order valence-electron chi connectivity index (χ4n) is 3.01. The number of phenols is 1. The third-order valence-electron chi connectivity index (χ3n) is 4.17. The molecule has 0 aliphatic carbocycles. The highest BCUT2D eigenvalue weighted by Crippen LogP contribution is 2.44. The number of rotatable bonds is 2. The van der Waals surface area contributed by atoms with Gasteiger partial charge in [0.25, 0.3) is 0 Å². The normalized spacial score (nSPS) is 24.7. The van der Waals surface area contributed by atoms with Gasteiger partial charge in [0.1, 0.15) is 17.2 Å². The first-order valence-electron chi connectivity index (χ1n) is 7.64. The zero-order valence-corrected chi connectivity index (χ0v) is 13.8. The largest absolute Gasteiger partial charge is 0.508 e. The van der Waals surface area contributed by atoms with Crippen molar-refractivity contribution in [3.8, 4) is 5.75 Å². The van der Waals surface area contributed by atoms with Gasteiger partial charge in [-0.15, -0.1) is 11.8 Å². The molecule has 1 N–H and O–H groups in total. The minimum absolute atomic E-state index is 0.0334. The molecule has 2 heterocycles. The Bertz CT molecular complexity index is 603. The molecule has 7 heteroatoms. The number of hydrogen-bond acceptors (Lipinski definition) is 5. The SMILES string of the molecule is CC(=O)N1[C@H](C(=O)N2CCOCC2)CS[C@H]1c1ccccc1O. The van der Waals surface area contributed by atoms with E-state index in [9.17, 15) is 14.7 Å². The Hall–Kier alpha value is -1.73. The smallest absolute Gasteiger partial charge is 0.246 e. The van der Waals surface area contributed by atoms with Crippen molar-refractivity contribution in [2.24, 2.45) is 0 Å². The number of amides is 2. The van der Waals surface area contributed by atoms with Crippen LogP contribution in [-0.2, 0) is 14.3 Å². The van der Waals surface area contributed by atoms with Crippen molar-refractivity contribution in [2.45, 2.75) is 18.3 Å². The van der Waals surface area contributed by atoms with E-state index in [0.29, 0.717) is 37.6 Å². The average molecular weight is 336 g/mol. The summed E-state index contributed by atoms with van der Waals surface area (Å²) in [6, 6.07) is 6.48. The Balaban J connectivity index is 1.84. The fraction of sp³-hybridized carbons (Fsp3) is 0.500. The number of carbonyl (C=O) groups excluding carboxylic acids is 2. The second-order valence-electron chi connectivity index (χ2n) is 5.62. The first kappa shape index (κ1) is 16.1. The number of morpholine rings is 1. The van der Waals surface area contributed by atoms with E-state index in [0.717, 1.165) is 0 Å². The van der Waals surface area contributed by atoms with E-state index in [2.05, 4.69) is 0 Å².